The number of ether oxygens (including phenoxy) is 1. The lowest BCUT2D eigenvalue weighted by Crippen LogP contribution is -2.54. The Morgan fingerprint density at radius 1 is 1.30 bits per heavy atom. The zero-order valence-electron chi connectivity index (χ0n) is 14.5. The van der Waals surface area contributed by atoms with E-state index in [1.807, 2.05) is 37.8 Å². The van der Waals surface area contributed by atoms with Gasteiger partial charge in [0.1, 0.15) is 5.60 Å². The van der Waals surface area contributed by atoms with Crippen LogP contribution in [0.15, 0.2) is 24.3 Å². The van der Waals surface area contributed by atoms with Gasteiger partial charge in [0.2, 0.25) is 0 Å². The molecule has 124 valence electrons. The number of rotatable bonds is 2. The van der Waals surface area contributed by atoms with Crippen LogP contribution in [0.3, 0.4) is 0 Å². The number of terminal acetylenes is 1. The van der Waals surface area contributed by atoms with E-state index < -0.39 is 5.60 Å². The number of carbonyl (C=O) groups is 1. The van der Waals surface area contributed by atoms with Crippen LogP contribution in [-0.4, -0.2) is 47.2 Å². The summed E-state index contributed by atoms with van der Waals surface area (Å²) in [4.78, 5) is 16.4. The van der Waals surface area contributed by atoms with Gasteiger partial charge < -0.3 is 9.64 Å². The largest absolute Gasteiger partial charge is 0.444 e. The van der Waals surface area contributed by atoms with Gasteiger partial charge in [0, 0.05) is 37.8 Å². The van der Waals surface area contributed by atoms with E-state index in [-0.39, 0.29) is 12.1 Å². The summed E-state index contributed by atoms with van der Waals surface area (Å²) in [5, 5.41) is 0. The minimum absolute atomic E-state index is 0.142. The second-order valence-electron chi connectivity index (χ2n) is 7.10. The van der Waals surface area contributed by atoms with Gasteiger partial charge in [-0.3, -0.25) is 4.90 Å². The van der Waals surface area contributed by atoms with Gasteiger partial charge in [0.15, 0.2) is 0 Å². The average Bonchev–Trinajstić information content (AvgIpc) is 2.46. The molecule has 1 fully saturated rings. The maximum Gasteiger partial charge on any atom is 0.410 e. The molecule has 1 amide bonds. The Morgan fingerprint density at radius 2 is 1.96 bits per heavy atom. The van der Waals surface area contributed by atoms with E-state index in [0.29, 0.717) is 6.54 Å². The molecule has 0 saturated carbocycles. The molecule has 1 aliphatic heterocycles. The Hall–Kier alpha value is -1.99. The molecule has 0 aromatic heterocycles. The fraction of sp³-hybridized carbons (Fsp3) is 0.526. The van der Waals surface area contributed by atoms with Crippen molar-refractivity contribution in [2.45, 2.75) is 45.9 Å². The highest BCUT2D eigenvalue weighted by Gasteiger charge is 2.30. The minimum Gasteiger partial charge on any atom is -0.444 e. The summed E-state index contributed by atoms with van der Waals surface area (Å²) in [6.45, 7) is 11.0. The summed E-state index contributed by atoms with van der Waals surface area (Å²) in [5.41, 5.74) is 1.69. The van der Waals surface area contributed by atoms with Gasteiger partial charge >= 0.3 is 6.09 Å². The van der Waals surface area contributed by atoms with Crippen molar-refractivity contribution in [1.29, 1.82) is 0 Å². The molecule has 0 N–H and O–H groups in total. The molecule has 23 heavy (non-hydrogen) atoms. The van der Waals surface area contributed by atoms with Crippen molar-refractivity contribution in [1.82, 2.24) is 9.80 Å². The predicted molar refractivity (Wildman–Crippen MR) is 92.1 cm³/mol. The van der Waals surface area contributed by atoms with Crippen LogP contribution in [0, 0.1) is 12.3 Å². The van der Waals surface area contributed by atoms with E-state index >= 15 is 0 Å². The highest BCUT2D eigenvalue weighted by atomic mass is 16.6. The van der Waals surface area contributed by atoms with Crippen LogP contribution in [0.2, 0.25) is 0 Å². The van der Waals surface area contributed by atoms with Gasteiger partial charge in [-0.1, -0.05) is 18.1 Å². The lowest BCUT2D eigenvalue weighted by Gasteiger charge is -2.40. The molecule has 1 atom stereocenters. The Bertz CT molecular complexity index is 581. The van der Waals surface area contributed by atoms with Gasteiger partial charge in [-0.15, -0.1) is 6.42 Å². The normalized spacial score (nSPS) is 19.3. The summed E-state index contributed by atoms with van der Waals surface area (Å²) >= 11 is 0. The topological polar surface area (TPSA) is 32.8 Å². The molecular formula is C19H26N2O2. The SMILES string of the molecule is C#Cc1ccc(CN2CCN(C(=O)OC(C)(C)C)C(C)C2)cc1. The fourth-order valence-corrected chi connectivity index (χ4v) is 2.73. The first-order valence-corrected chi connectivity index (χ1v) is 8.06. The van der Waals surface area contributed by atoms with Crippen molar-refractivity contribution < 1.29 is 9.53 Å². The molecule has 1 saturated heterocycles. The summed E-state index contributed by atoms with van der Waals surface area (Å²) in [5.74, 6) is 2.63. The van der Waals surface area contributed by atoms with Crippen molar-refractivity contribution >= 4 is 6.09 Å². The highest BCUT2D eigenvalue weighted by Crippen LogP contribution is 2.17. The number of nitrogens with zero attached hydrogens (tertiary/aromatic N) is 2. The maximum absolute atomic E-state index is 12.2. The molecule has 0 bridgehead atoms. The van der Waals surface area contributed by atoms with Crippen molar-refractivity contribution in [2.75, 3.05) is 19.6 Å². The number of benzene rings is 1. The van der Waals surface area contributed by atoms with E-state index in [4.69, 9.17) is 11.2 Å². The summed E-state index contributed by atoms with van der Waals surface area (Å²) < 4.78 is 5.48. The third-order valence-electron chi connectivity index (χ3n) is 3.87. The Labute approximate surface area is 139 Å². The molecule has 0 radical (unpaired) electrons. The smallest absolute Gasteiger partial charge is 0.410 e. The lowest BCUT2D eigenvalue weighted by molar-refractivity contribution is 0.000563. The molecule has 0 spiro atoms. The highest BCUT2D eigenvalue weighted by molar-refractivity contribution is 5.68. The van der Waals surface area contributed by atoms with E-state index in [0.717, 1.165) is 25.2 Å². The number of hydrogen-bond acceptors (Lipinski definition) is 3. The fourth-order valence-electron chi connectivity index (χ4n) is 2.73. The Kier molecular flexibility index (Phi) is 5.33. The zero-order chi connectivity index (χ0) is 17.0. The number of hydrogen-bond donors (Lipinski definition) is 0. The van der Waals surface area contributed by atoms with E-state index in [2.05, 4.69) is 29.9 Å². The first-order valence-electron chi connectivity index (χ1n) is 8.06. The molecule has 4 heteroatoms. The monoisotopic (exact) mass is 314 g/mol. The zero-order valence-corrected chi connectivity index (χ0v) is 14.5. The van der Waals surface area contributed by atoms with Crippen molar-refractivity contribution in [3.8, 4) is 12.3 Å². The Morgan fingerprint density at radius 3 is 2.48 bits per heavy atom. The van der Waals surface area contributed by atoms with E-state index in [9.17, 15) is 4.79 Å². The molecular weight excluding hydrogens is 288 g/mol. The number of piperazine rings is 1. The summed E-state index contributed by atoms with van der Waals surface area (Å²) in [6, 6.07) is 8.22. The average molecular weight is 314 g/mol. The molecule has 1 heterocycles. The van der Waals surface area contributed by atoms with Gasteiger partial charge in [-0.2, -0.15) is 0 Å². The van der Waals surface area contributed by atoms with Gasteiger partial charge in [-0.25, -0.2) is 4.79 Å². The first-order chi connectivity index (χ1) is 10.8. The van der Waals surface area contributed by atoms with Crippen LogP contribution < -0.4 is 0 Å². The third-order valence-corrected chi connectivity index (χ3v) is 3.87. The van der Waals surface area contributed by atoms with Crippen molar-refractivity contribution in [3.05, 3.63) is 35.4 Å². The second kappa shape index (κ2) is 7.06. The molecule has 4 nitrogen and oxygen atoms in total. The molecule has 2 rings (SSSR count). The predicted octanol–water partition coefficient (Wildman–Crippen LogP) is 3.11. The van der Waals surface area contributed by atoms with Crippen LogP contribution >= 0.6 is 0 Å². The minimum atomic E-state index is -0.452. The van der Waals surface area contributed by atoms with Crippen LogP contribution in [0.25, 0.3) is 0 Å². The third kappa shape index (κ3) is 5.01. The summed E-state index contributed by atoms with van der Waals surface area (Å²) in [6.07, 6.45) is 5.16. The van der Waals surface area contributed by atoms with Gasteiger partial charge in [0.25, 0.3) is 0 Å². The van der Waals surface area contributed by atoms with Gasteiger partial charge in [-0.05, 0) is 45.4 Å². The quantitative estimate of drug-likeness (QED) is 0.786. The van der Waals surface area contributed by atoms with E-state index in [1.165, 1.54) is 5.56 Å². The van der Waals surface area contributed by atoms with Crippen LogP contribution in [0.1, 0.15) is 38.8 Å². The maximum atomic E-state index is 12.2. The molecule has 1 aliphatic rings. The molecule has 1 unspecified atom stereocenters. The van der Waals surface area contributed by atoms with Crippen LogP contribution in [0.5, 0.6) is 0 Å². The van der Waals surface area contributed by atoms with Gasteiger partial charge in [0.05, 0.1) is 0 Å². The first kappa shape index (κ1) is 17.4. The van der Waals surface area contributed by atoms with Crippen LogP contribution in [0.4, 0.5) is 4.79 Å². The lowest BCUT2D eigenvalue weighted by atomic mass is 10.1. The van der Waals surface area contributed by atoms with Crippen molar-refractivity contribution in [3.63, 3.8) is 0 Å². The van der Waals surface area contributed by atoms with Crippen molar-refractivity contribution in [2.24, 2.45) is 0 Å². The number of amides is 1. The molecule has 1 aromatic rings. The number of carbonyl (C=O) groups excluding carboxylic acids is 1. The summed E-state index contributed by atoms with van der Waals surface area (Å²) in [7, 11) is 0. The molecule has 0 aliphatic carbocycles. The molecule has 1 aromatic carbocycles. The second-order valence-corrected chi connectivity index (χ2v) is 7.10. The van der Waals surface area contributed by atoms with Crippen LogP contribution in [-0.2, 0) is 11.3 Å². The Balaban J connectivity index is 1.90. The standard InChI is InChI=1S/C19H26N2O2/c1-6-16-7-9-17(10-8-16)14-20-11-12-21(15(2)13-20)18(22)23-19(3,4)5/h1,7-10,15H,11-14H2,2-5H3. The van der Waals surface area contributed by atoms with E-state index in [1.54, 1.807) is 0 Å².